The maximum absolute atomic E-state index is 12.9. The number of benzene rings is 1. The molecule has 30 heavy (non-hydrogen) atoms. The molecule has 1 amide bonds. The molecule has 3 aromatic rings. The lowest BCUT2D eigenvalue weighted by Crippen LogP contribution is -2.39. The maximum Gasteiger partial charge on any atom is 0.269 e. The van der Waals surface area contributed by atoms with E-state index in [2.05, 4.69) is 20.6 Å². The number of amides is 1. The Morgan fingerprint density at radius 1 is 0.967 bits per heavy atom. The van der Waals surface area contributed by atoms with Crippen LogP contribution in [0.4, 0.5) is 5.69 Å². The first-order chi connectivity index (χ1) is 14.6. The minimum atomic E-state index is -0.695. The molecule has 2 N–H and O–H groups in total. The molecule has 1 atom stereocenters. The molecule has 154 valence electrons. The van der Waals surface area contributed by atoms with Crippen LogP contribution in [0.1, 0.15) is 22.7 Å². The second-order valence-electron chi connectivity index (χ2n) is 6.75. The first-order valence-electron chi connectivity index (χ1n) is 9.67. The fourth-order valence-electron chi connectivity index (χ4n) is 3.07. The van der Waals surface area contributed by atoms with Gasteiger partial charge in [0, 0.05) is 50.0 Å². The molecule has 8 nitrogen and oxygen atoms in total. The normalized spacial score (nSPS) is 11.6. The van der Waals surface area contributed by atoms with Crippen molar-refractivity contribution in [2.45, 2.75) is 18.9 Å². The number of aromatic nitrogens is 2. The second kappa shape index (κ2) is 10.8. The number of nitrogens with zero attached hydrogens (tertiary/aromatic N) is 3. The van der Waals surface area contributed by atoms with Crippen LogP contribution in [-0.2, 0) is 17.6 Å². The van der Waals surface area contributed by atoms with E-state index >= 15 is 0 Å². The summed E-state index contributed by atoms with van der Waals surface area (Å²) in [6.07, 6.45) is 8.26. The van der Waals surface area contributed by atoms with Gasteiger partial charge in [-0.15, -0.1) is 0 Å². The Balaban J connectivity index is 1.66. The van der Waals surface area contributed by atoms with Gasteiger partial charge in [-0.25, -0.2) is 0 Å². The van der Waals surface area contributed by atoms with Crippen molar-refractivity contribution in [3.63, 3.8) is 0 Å². The van der Waals surface area contributed by atoms with Gasteiger partial charge in [-0.3, -0.25) is 24.9 Å². The maximum atomic E-state index is 12.9. The number of hydrogen-bond acceptors (Lipinski definition) is 6. The predicted molar refractivity (Wildman–Crippen MR) is 113 cm³/mol. The number of nitro groups is 1. The lowest BCUT2D eigenvalue weighted by molar-refractivity contribution is -0.384. The van der Waals surface area contributed by atoms with Gasteiger partial charge in [0.05, 0.1) is 4.92 Å². The molecule has 0 fully saturated rings. The Labute approximate surface area is 174 Å². The summed E-state index contributed by atoms with van der Waals surface area (Å²) in [7, 11) is 0. The highest BCUT2D eigenvalue weighted by molar-refractivity contribution is 5.83. The zero-order valence-corrected chi connectivity index (χ0v) is 16.4. The van der Waals surface area contributed by atoms with E-state index in [0.29, 0.717) is 31.5 Å². The van der Waals surface area contributed by atoms with Gasteiger partial charge in [0.15, 0.2) is 0 Å². The van der Waals surface area contributed by atoms with Crippen molar-refractivity contribution in [1.29, 1.82) is 0 Å². The Kier molecular flexibility index (Phi) is 7.57. The molecule has 0 spiro atoms. The molecule has 1 aromatic carbocycles. The molecule has 0 bridgehead atoms. The summed E-state index contributed by atoms with van der Waals surface area (Å²) in [4.78, 5) is 31.6. The zero-order valence-electron chi connectivity index (χ0n) is 16.4. The molecule has 2 heterocycles. The Bertz CT molecular complexity index is 967. The third-order valence-corrected chi connectivity index (χ3v) is 4.62. The summed E-state index contributed by atoms with van der Waals surface area (Å²) in [6.45, 7) is 0.982. The number of carbonyl (C=O) groups is 1. The lowest BCUT2D eigenvalue weighted by atomic mass is 10.0. The molecular formula is C22H23N5O3. The van der Waals surface area contributed by atoms with Crippen LogP contribution in [0.25, 0.3) is 0 Å². The van der Waals surface area contributed by atoms with E-state index in [9.17, 15) is 14.9 Å². The van der Waals surface area contributed by atoms with Crippen molar-refractivity contribution < 1.29 is 9.72 Å². The Hall–Kier alpha value is -3.65. The van der Waals surface area contributed by atoms with Crippen LogP contribution >= 0.6 is 0 Å². The van der Waals surface area contributed by atoms with Gasteiger partial charge in [0.1, 0.15) is 6.04 Å². The average Bonchev–Trinajstić information content (AvgIpc) is 2.78. The quantitative estimate of drug-likeness (QED) is 0.396. The van der Waals surface area contributed by atoms with Crippen molar-refractivity contribution in [2.75, 3.05) is 13.1 Å². The zero-order chi connectivity index (χ0) is 21.2. The van der Waals surface area contributed by atoms with Crippen molar-refractivity contribution in [2.24, 2.45) is 0 Å². The third kappa shape index (κ3) is 6.18. The van der Waals surface area contributed by atoms with E-state index in [0.717, 1.165) is 11.1 Å². The molecular weight excluding hydrogens is 382 g/mol. The number of non-ortho nitro benzene ring substituents is 1. The standard InChI is InChI=1S/C22H23N5O3/c28-22(26-14-8-17-6-11-23-12-7-17)21(19-4-1-5-20(15-19)27(29)30)25-13-9-18-3-2-10-24-16-18/h1-7,10-12,15-16,21,25H,8-9,13-14H2,(H,26,28). The molecule has 8 heteroatoms. The van der Waals surface area contributed by atoms with Crippen LogP contribution in [0, 0.1) is 10.1 Å². The van der Waals surface area contributed by atoms with Crippen molar-refractivity contribution in [3.8, 4) is 0 Å². The van der Waals surface area contributed by atoms with E-state index in [1.807, 2.05) is 24.3 Å². The molecule has 1 unspecified atom stereocenters. The fraction of sp³-hybridized carbons (Fsp3) is 0.227. The number of hydrogen-bond donors (Lipinski definition) is 2. The smallest absolute Gasteiger partial charge is 0.269 e. The molecule has 0 saturated heterocycles. The van der Waals surface area contributed by atoms with Crippen LogP contribution in [0.15, 0.2) is 73.3 Å². The van der Waals surface area contributed by atoms with Crippen LogP contribution in [-0.4, -0.2) is 33.9 Å². The molecule has 3 rings (SSSR count). The summed E-state index contributed by atoms with van der Waals surface area (Å²) in [6, 6.07) is 13.1. The summed E-state index contributed by atoms with van der Waals surface area (Å²) in [5, 5.41) is 17.3. The van der Waals surface area contributed by atoms with E-state index in [-0.39, 0.29) is 11.6 Å². The summed E-state index contributed by atoms with van der Waals surface area (Å²) in [5.41, 5.74) is 2.62. The van der Waals surface area contributed by atoms with Crippen molar-refractivity contribution in [3.05, 3.63) is 100 Å². The monoisotopic (exact) mass is 405 g/mol. The van der Waals surface area contributed by atoms with Gasteiger partial charge in [0.2, 0.25) is 5.91 Å². The second-order valence-corrected chi connectivity index (χ2v) is 6.75. The largest absolute Gasteiger partial charge is 0.354 e. The number of nitro benzene ring substituents is 1. The van der Waals surface area contributed by atoms with Gasteiger partial charge < -0.3 is 10.6 Å². The van der Waals surface area contributed by atoms with E-state index in [4.69, 9.17) is 0 Å². The van der Waals surface area contributed by atoms with Crippen LogP contribution in [0.5, 0.6) is 0 Å². The summed E-state index contributed by atoms with van der Waals surface area (Å²) < 4.78 is 0. The summed E-state index contributed by atoms with van der Waals surface area (Å²) in [5.74, 6) is -0.226. The molecule has 0 saturated carbocycles. The van der Waals surface area contributed by atoms with Gasteiger partial charge in [-0.05, 0) is 47.7 Å². The van der Waals surface area contributed by atoms with Crippen LogP contribution < -0.4 is 10.6 Å². The van der Waals surface area contributed by atoms with Gasteiger partial charge in [-0.2, -0.15) is 0 Å². The predicted octanol–water partition coefficient (Wildman–Crippen LogP) is 2.62. The molecule has 0 aliphatic heterocycles. The van der Waals surface area contributed by atoms with E-state index in [1.165, 1.54) is 12.1 Å². The first-order valence-corrected chi connectivity index (χ1v) is 9.67. The van der Waals surface area contributed by atoms with Gasteiger partial charge in [-0.1, -0.05) is 18.2 Å². The van der Waals surface area contributed by atoms with Gasteiger partial charge >= 0.3 is 0 Å². The van der Waals surface area contributed by atoms with E-state index < -0.39 is 11.0 Å². The van der Waals surface area contributed by atoms with Crippen LogP contribution in [0.2, 0.25) is 0 Å². The number of pyridine rings is 2. The molecule has 0 aliphatic carbocycles. The molecule has 2 aromatic heterocycles. The fourth-order valence-corrected chi connectivity index (χ4v) is 3.07. The summed E-state index contributed by atoms with van der Waals surface area (Å²) >= 11 is 0. The third-order valence-electron chi connectivity index (χ3n) is 4.62. The highest BCUT2D eigenvalue weighted by Gasteiger charge is 2.21. The number of nitrogens with one attached hydrogen (secondary N) is 2. The van der Waals surface area contributed by atoms with Crippen molar-refractivity contribution in [1.82, 2.24) is 20.6 Å². The highest BCUT2D eigenvalue weighted by Crippen LogP contribution is 2.20. The molecule has 0 radical (unpaired) electrons. The van der Waals surface area contributed by atoms with Crippen molar-refractivity contribution >= 4 is 11.6 Å². The average molecular weight is 405 g/mol. The Morgan fingerprint density at radius 2 is 1.77 bits per heavy atom. The lowest BCUT2D eigenvalue weighted by Gasteiger charge is -2.19. The number of rotatable bonds is 10. The minimum Gasteiger partial charge on any atom is -0.354 e. The first kappa shape index (κ1) is 21.1. The number of carbonyl (C=O) groups excluding carboxylic acids is 1. The van der Waals surface area contributed by atoms with Gasteiger partial charge in [0.25, 0.3) is 5.69 Å². The van der Waals surface area contributed by atoms with E-state index in [1.54, 1.807) is 36.9 Å². The van der Waals surface area contributed by atoms with Crippen LogP contribution in [0.3, 0.4) is 0 Å². The Morgan fingerprint density at radius 3 is 2.50 bits per heavy atom. The highest BCUT2D eigenvalue weighted by atomic mass is 16.6. The molecule has 0 aliphatic rings. The topological polar surface area (TPSA) is 110 Å². The minimum absolute atomic E-state index is 0.0452. The SMILES string of the molecule is O=C(NCCc1ccncc1)C(NCCc1cccnc1)c1cccc([N+](=O)[O-])c1.